The Balaban J connectivity index is 3.02. The maximum atomic E-state index is 10.9. The van der Waals surface area contributed by atoms with E-state index >= 15 is 0 Å². The molecule has 1 heterocycles. The molecule has 2 amide bonds. The highest BCUT2D eigenvalue weighted by Gasteiger charge is 2.15. The summed E-state index contributed by atoms with van der Waals surface area (Å²) in [5.41, 5.74) is 17.0. The van der Waals surface area contributed by atoms with Gasteiger partial charge in [-0.05, 0) is 18.6 Å². The zero-order valence-corrected chi connectivity index (χ0v) is 9.51. The Morgan fingerprint density at radius 2 is 1.82 bits per heavy atom. The van der Waals surface area contributed by atoms with Gasteiger partial charge in [0.25, 0.3) is 0 Å². The van der Waals surface area contributed by atoms with Gasteiger partial charge in [0, 0.05) is 0 Å². The third-order valence-corrected chi connectivity index (χ3v) is 2.06. The molecule has 1 aromatic heterocycles. The standard InChI is InChI=1S/C10H15N5O2/c1-6-2-7(11)3-14-10(6)15(4-8(12)16)5-9(13)17/h2-3H,4-5,11H2,1H3,(H2,12,16)(H2,13,17). The summed E-state index contributed by atoms with van der Waals surface area (Å²) < 4.78 is 0. The van der Waals surface area contributed by atoms with Crippen molar-refractivity contribution < 1.29 is 9.59 Å². The Morgan fingerprint density at radius 3 is 2.24 bits per heavy atom. The number of carbonyl (C=O) groups is 2. The zero-order valence-electron chi connectivity index (χ0n) is 9.51. The number of aryl methyl sites for hydroxylation is 1. The van der Waals surface area contributed by atoms with E-state index in [2.05, 4.69) is 4.98 Å². The van der Waals surface area contributed by atoms with Crippen LogP contribution in [0.5, 0.6) is 0 Å². The van der Waals surface area contributed by atoms with Gasteiger partial charge in [-0.2, -0.15) is 0 Å². The first-order valence-corrected chi connectivity index (χ1v) is 4.94. The lowest BCUT2D eigenvalue weighted by Crippen LogP contribution is -2.40. The summed E-state index contributed by atoms with van der Waals surface area (Å²) >= 11 is 0. The Bertz CT molecular complexity index is 430. The number of amides is 2. The average Bonchev–Trinajstić information content (AvgIpc) is 2.14. The van der Waals surface area contributed by atoms with Crippen molar-refractivity contribution in [1.82, 2.24) is 4.98 Å². The number of hydrogen-bond donors (Lipinski definition) is 3. The molecule has 0 radical (unpaired) electrons. The largest absolute Gasteiger partial charge is 0.397 e. The number of pyridine rings is 1. The number of carbonyl (C=O) groups excluding carboxylic acids is 2. The van der Waals surface area contributed by atoms with E-state index in [0.29, 0.717) is 11.5 Å². The van der Waals surface area contributed by atoms with Crippen LogP contribution < -0.4 is 22.1 Å². The van der Waals surface area contributed by atoms with E-state index in [1.165, 1.54) is 11.1 Å². The normalized spacial score (nSPS) is 9.94. The van der Waals surface area contributed by atoms with E-state index in [0.717, 1.165) is 5.56 Å². The van der Waals surface area contributed by atoms with E-state index in [1.54, 1.807) is 13.0 Å². The Morgan fingerprint density at radius 1 is 1.29 bits per heavy atom. The molecule has 0 aliphatic carbocycles. The Hall–Kier alpha value is -2.31. The minimum absolute atomic E-state index is 0.124. The first kappa shape index (κ1) is 12.8. The molecule has 0 aliphatic heterocycles. The molecule has 0 unspecified atom stereocenters. The van der Waals surface area contributed by atoms with E-state index < -0.39 is 11.8 Å². The van der Waals surface area contributed by atoms with Gasteiger partial charge < -0.3 is 22.1 Å². The van der Waals surface area contributed by atoms with Crippen molar-refractivity contribution in [1.29, 1.82) is 0 Å². The first-order valence-electron chi connectivity index (χ1n) is 4.94. The van der Waals surface area contributed by atoms with Crippen LogP contribution in [0.2, 0.25) is 0 Å². The lowest BCUT2D eigenvalue weighted by Gasteiger charge is -2.22. The van der Waals surface area contributed by atoms with Crippen LogP contribution in [0.1, 0.15) is 5.56 Å². The fraction of sp³-hybridized carbons (Fsp3) is 0.300. The van der Waals surface area contributed by atoms with Gasteiger partial charge in [-0.15, -0.1) is 0 Å². The summed E-state index contributed by atoms with van der Waals surface area (Å²) in [6.07, 6.45) is 1.44. The minimum Gasteiger partial charge on any atom is -0.397 e. The number of nitrogens with zero attached hydrogens (tertiary/aromatic N) is 2. The van der Waals surface area contributed by atoms with E-state index in [1.807, 2.05) is 0 Å². The third kappa shape index (κ3) is 3.63. The van der Waals surface area contributed by atoms with Crippen molar-refractivity contribution in [3.63, 3.8) is 0 Å². The fourth-order valence-electron chi connectivity index (χ4n) is 1.50. The van der Waals surface area contributed by atoms with Crippen LogP contribution in [0.3, 0.4) is 0 Å². The van der Waals surface area contributed by atoms with Gasteiger partial charge in [0.1, 0.15) is 5.82 Å². The summed E-state index contributed by atoms with van der Waals surface area (Å²) in [5.74, 6) is -0.662. The second-order valence-corrected chi connectivity index (χ2v) is 3.70. The molecular formula is C10H15N5O2. The second kappa shape index (κ2) is 5.15. The molecule has 0 aliphatic rings. The fourth-order valence-corrected chi connectivity index (χ4v) is 1.50. The molecular weight excluding hydrogens is 222 g/mol. The second-order valence-electron chi connectivity index (χ2n) is 3.70. The molecule has 17 heavy (non-hydrogen) atoms. The number of nitrogen functional groups attached to an aromatic ring is 1. The molecule has 1 rings (SSSR count). The van der Waals surface area contributed by atoms with Crippen LogP contribution in [0.4, 0.5) is 11.5 Å². The van der Waals surface area contributed by atoms with Crippen molar-refractivity contribution in [2.45, 2.75) is 6.92 Å². The van der Waals surface area contributed by atoms with Gasteiger partial charge in [-0.1, -0.05) is 0 Å². The average molecular weight is 237 g/mol. The van der Waals surface area contributed by atoms with Crippen LogP contribution in [0.15, 0.2) is 12.3 Å². The molecule has 0 bridgehead atoms. The van der Waals surface area contributed by atoms with E-state index in [9.17, 15) is 9.59 Å². The highest BCUT2D eigenvalue weighted by Crippen LogP contribution is 2.18. The van der Waals surface area contributed by atoms with Gasteiger partial charge >= 0.3 is 0 Å². The van der Waals surface area contributed by atoms with E-state index in [4.69, 9.17) is 17.2 Å². The van der Waals surface area contributed by atoms with Gasteiger partial charge in [-0.3, -0.25) is 9.59 Å². The summed E-state index contributed by atoms with van der Waals surface area (Å²) in [5, 5.41) is 0. The molecule has 7 nitrogen and oxygen atoms in total. The molecule has 0 spiro atoms. The minimum atomic E-state index is -0.565. The van der Waals surface area contributed by atoms with Crippen LogP contribution in [0, 0.1) is 6.92 Å². The predicted molar refractivity (Wildman–Crippen MR) is 64.0 cm³/mol. The molecule has 7 heteroatoms. The van der Waals surface area contributed by atoms with Gasteiger partial charge in [-0.25, -0.2) is 4.98 Å². The maximum absolute atomic E-state index is 10.9. The van der Waals surface area contributed by atoms with Crippen LogP contribution >= 0.6 is 0 Å². The van der Waals surface area contributed by atoms with Crippen molar-refractivity contribution in [3.05, 3.63) is 17.8 Å². The number of aromatic nitrogens is 1. The molecule has 0 saturated carbocycles. The molecule has 0 saturated heterocycles. The van der Waals surface area contributed by atoms with Crippen LogP contribution in [0.25, 0.3) is 0 Å². The zero-order chi connectivity index (χ0) is 13.0. The van der Waals surface area contributed by atoms with Gasteiger partial charge in [0.2, 0.25) is 11.8 Å². The van der Waals surface area contributed by atoms with Crippen LogP contribution in [-0.2, 0) is 9.59 Å². The number of hydrogen-bond acceptors (Lipinski definition) is 5. The lowest BCUT2D eigenvalue weighted by molar-refractivity contribution is -0.117. The lowest BCUT2D eigenvalue weighted by atomic mass is 10.2. The van der Waals surface area contributed by atoms with Crippen molar-refractivity contribution in [3.8, 4) is 0 Å². The SMILES string of the molecule is Cc1cc(N)cnc1N(CC(N)=O)CC(N)=O. The number of anilines is 2. The maximum Gasteiger partial charge on any atom is 0.237 e. The summed E-state index contributed by atoms with van der Waals surface area (Å²) in [6, 6.07) is 1.69. The van der Waals surface area contributed by atoms with Crippen molar-refractivity contribution >= 4 is 23.3 Å². The van der Waals surface area contributed by atoms with Gasteiger partial charge in [0.05, 0.1) is 25.0 Å². The first-order chi connectivity index (χ1) is 7.90. The quantitative estimate of drug-likeness (QED) is 0.589. The molecule has 0 fully saturated rings. The highest BCUT2D eigenvalue weighted by molar-refractivity contribution is 5.84. The highest BCUT2D eigenvalue weighted by atomic mass is 16.2. The third-order valence-electron chi connectivity index (χ3n) is 2.06. The van der Waals surface area contributed by atoms with Crippen LogP contribution in [-0.4, -0.2) is 29.9 Å². The van der Waals surface area contributed by atoms with E-state index in [-0.39, 0.29) is 13.1 Å². The van der Waals surface area contributed by atoms with Gasteiger partial charge in [0.15, 0.2) is 0 Å². The molecule has 1 aromatic rings. The summed E-state index contributed by atoms with van der Waals surface area (Å²) in [6.45, 7) is 1.52. The number of primary amides is 2. The molecule has 92 valence electrons. The van der Waals surface area contributed by atoms with Crippen molar-refractivity contribution in [2.75, 3.05) is 23.7 Å². The smallest absolute Gasteiger partial charge is 0.237 e. The Kier molecular flexibility index (Phi) is 3.86. The molecule has 0 aromatic carbocycles. The number of rotatable bonds is 5. The monoisotopic (exact) mass is 237 g/mol. The predicted octanol–water partition coefficient (Wildman–Crippen LogP) is -1.25. The summed E-state index contributed by atoms with van der Waals surface area (Å²) in [7, 11) is 0. The molecule has 6 N–H and O–H groups in total. The topological polar surface area (TPSA) is 128 Å². The summed E-state index contributed by atoms with van der Waals surface area (Å²) in [4.78, 5) is 27.3. The molecule has 0 atom stereocenters. The Labute approximate surface area is 98.6 Å². The van der Waals surface area contributed by atoms with Crippen molar-refractivity contribution in [2.24, 2.45) is 11.5 Å². The number of nitrogens with two attached hydrogens (primary N) is 3.